The SMILES string of the molecule is O=C1CO[C@H]2CCN(C(=O)N3CCC4(CC3)CC(Oc3ccc(C(F)(F)F)cc3F)C4)C[C@@H]2N1. The van der Waals surface area contributed by atoms with E-state index in [1.165, 1.54) is 0 Å². The highest BCUT2D eigenvalue weighted by Crippen LogP contribution is 2.50. The van der Waals surface area contributed by atoms with Crippen LogP contribution in [0.25, 0.3) is 0 Å². The van der Waals surface area contributed by atoms with Crippen LogP contribution in [0.1, 0.15) is 37.7 Å². The largest absolute Gasteiger partial charge is 0.487 e. The van der Waals surface area contributed by atoms with E-state index in [-0.39, 0.29) is 48.0 Å². The Bertz CT molecular complexity index is 956. The predicted molar refractivity (Wildman–Crippen MR) is 112 cm³/mol. The van der Waals surface area contributed by atoms with Crippen molar-refractivity contribution >= 4 is 11.9 Å². The van der Waals surface area contributed by atoms with Crippen molar-refractivity contribution in [3.8, 4) is 5.75 Å². The molecule has 4 aliphatic rings. The van der Waals surface area contributed by atoms with Crippen LogP contribution in [0.15, 0.2) is 18.2 Å². The number of benzene rings is 1. The van der Waals surface area contributed by atoms with Gasteiger partial charge in [-0.25, -0.2) is 9.18 Å². The van der Waals surface area contributed by atoms with E-state index in [0.717, 1.165) is 25.0 Å². The molecule has 0 radical (unpaired) electrons. The van der Waals surface area contributed by atoms with E-state index < -0.39 is 17.6 Å². The molecule has 0 unspecified atom stereocenters. The van der Waals surface area contributed by atoms with E-state index in [0.29, 0.717) is 51.5 Å². The Balaban J connectivity index is 1.10. The normalized spacial score (nSPS) is 27.1. The molecule has 34 heavy (non-hydrogen) atoms. The van der Waals surface area contributed by atoms with Crippen molar-refractivity contribution in [2.24, 2.45) is 5.41 Å². The lowest BCUT2D eigenvalue weighted by Crippen LogP contribution is -2.63. The van der Waals surface area contributed by atoms with Gasteiger partial charge in [-0.05, 0) is 55.7 Å². The Kier molecular flexibility index (Phi) is 5.86. The van der Waals surface area contributed by atoms with Gasteiger partial charge >= 0.3 is 12.2 Å². The lowest BCUT2D eigenvalue weighted by molar-refractivity contribution is -0.140. The second-order valence-corrected chi connectivity index (χ2v) is 9.82. The number of nitrogens with zero attached hydrogens (tertiary/aromatic N) is 2. The van der Waals surface area contributed by atoms with E-state index in [1.807, 2.05) is 4.90 Å². The summed E-state index contributed by atoms with van der Waals surface area (Å²) in [6, 6.07) is 2.11. The number of ether oxygens (including phenoxy) is 2. The standard InChI is InChI=1S/C23H27F4N3O4/c24-16-9-14(23(25,26)27)1-2-18(16)34-15-10-22(11-15)4-7-29(8-5-22)21(32)30-6-3-19-17(12-30)28-20(31)13-33-19/h1-2,9,15,17,19H,3-8,10-13H2,(H,28,31)/t17-,19-/m0/s1. The molecule has 1 aromatic rings. The van der Waals surface area contributed by atoms with Gasteiger partial charge < -0.3 is 24.6 Å². The first-order valence-electron chi connectivity index (χ1n) is 11.6. The van der Waals surface area contributed by atoms with Crippen LogP contribution in [0, 0.1) is 11.2 Å². The van der Waals surface area contributed by atoms with Gasteiger partial charge in [0.2, 0.25) is 5.91 Å². The molecule has 4 fully saturated rings. The lowest BCUT2D eigenvalue weighted by Gasteiger charge is -2.52. The molecular formula is C23H27F4N3O4. The molecule has 0 bridgehead atoms. The minimum Gasteiger partial charge on any atom is -0.487 e. The monoisotopic (exact) mass is 485 g/mol. The number of hydrogen-bond donors (Lipinski definition) is 1. The molecule has 3 saturated heterocycles. The Labute approximate surface area is 194 Å². The molecule has 1 spiro atoms. The van der Waals surface area contributed by atoms with Crippen molar-refractivity contribution in [1.29, 1.82) is 0 Å². The minimum atomic E-state index is -4.60. The van der Waals surface area contributed by atoms with E-state index in [9.17, 15) is 27.2 Å². The first-order valence-corrected chi connectivity index (χ1v) is 11.6. The number of halogens is 4. The fraction of sp³-hybridized carbons (Fsp3) is 0.652. The quantitative estimate of drug-likeness (QED) is 0.654. The summed E-state index contributed by atoms with van der Waals surface area (Å²) in [5.74, 6) is -1.34. The number of alkyl halides is 3. The second kappa shape index (κ2) is 8.58. The maximum atomic E-state index is 14.1. The molecule has 3 heterocycles. The van der Waals surface area contributed by atoms with Crippen LogP contribution in [-0.4, -0.2) is 72.8 Å². The average molecular weight is 485 g/mol. The van der Waals surface area contributed by atoms with E-state index in [1.54, 1.807) is 4.90 Å². The van der Waals surface area contributed by atoms with Crippen molar-refractivity contribution < 1.29 is 36.6 Å². The molecular weight excluding hydrogens is 458 g/mol. The highest BCUT2D eigenvalue weighted by atomic mass is 19.4. The molecule has 1 N–H and O–H groups in total. The summed E-state index contributed by atoms with van der Waals surface area (Å²) in [7, 11) is 0. The first-order chi connectivity index (χ1) is 16.1. The fourth-order valence-electron chi connectivity index (χ4n) is 5.60. The third-order valence-electron chi connectivity index (χ3n) is 7.56. The number of urea groups is 1. The number of morpholine rings is 1. The van der Waals surface area contributed by atoms with Gasteiger partial charge in [-0.1, -0.05) is 0 Å². The van der Waals surface area contributed by atoms with Crippen LogP contribution in [0.5, 0.6) is 5.75 Å². The molecule has 7 nitrogen and oxygen atoms in total. The van der Waals surface area contributed by atoms with Crippen molar-refractivity contribution in [1.82, 2.24) is 15.1 Å². The highest BCUT2D eigenvalue weighted by molar-refractivity contribution is 5.79. The zero-order valence-corrected chi connectivity index (χ0v) is 18.6. The fourth-order valence-corrected chi connectivity index (χ4v) is 5.60. The summed E-state index contributed by atoms with van der Waals surface area (Å²) >= 11 is 0. The number of fused-ring (bicyclic) bond motifs is 1. The molecule has 1 saturated carbocycles. The second-order valence-electron chi connectivity index (χ2n) is 9.82. The van der Waals surface area contributed by atoms with Crippen LogP contribution in [0.3, 0.4) is 0 Å². The number of amides is 3. The summed E-state index contributed by atoms with van der Waals surface area (Å²) in [5.41, 5.74) is -1.02. The summed E-state index contributed by atoms with van der Waals surface area (Å²) in [5, 5.41) is 2.90. The molecule has 0 aromatic heterocycles. The van der Waals surface area contributed by atoms with Gasteiger partial charge in [0.1, 0.15) is 6.61 Å². The van der Waals surface area contributed by atoms with Crippen LogP contribution >= 0.6 is 0 Å². The Morgan fingerprint density at radius 1 is 1.15 bits per heavy atom. The van der Waals surface area contributed by atoms with E-state index in [4.69, 9.17) is 9.47 Å². The molecule has 186 valence electrons. The Morgan fingerprint density at radius 2 is 1.88 bits per heavy atom. The summed E-state index contributed by atoms with van der Waals surface area (Å²) in [6.45, 7) is 2.30. The van der Waals surface area contributed by atoms with Gasteiger partial charge in [-0.3, -0.25) is 4.79 Å². The Hall–Kier alpha value is -2.56. The Morgan fingerprint density at radius 3 is 2.56 bits per heavy atom. The number of hydrogen-bond acceptors (Lipinski definition) is 4. The topological polar surface area (TPSA) is 71.1 Å². The summed E-state index contributed by atoms with van der Waals surface area (Å²) in [6.07, 6.45) is -1.23. The summed E-state index contributed by atoms with van der Waals surface area (Å²) < 4.78 is 63.4. The molecule has 2 atom stereocenters. The third-order valence-corrected chi connectivity index (χ3v) is 7.56. The van der Waals surface area contributed by atoms with Crippen LogP contribution in [-0.2, 0) is 15.7 Å². The molecule has 3 aliphatic heterocycles. The van der Waals surface area contributed by atoms with Crippen molar-refractivity contribution in [3.63, 3.8) is 0 Å². The van der Waals surface area contributed by atoms with Crippen LogP contribution < -0.4 is 10.1 Å². The van der Waals surface area contributed by atoms with E-state index >= 15 is 0 Å². The van der Waals surface area contributed by atoms with Gasteiger partial charge in [0.05, 0.1) is 23.8 Å². The average Bonchev–Trinajstić information content (AvgIpc) is 2.78. The first kappa shape index (κ1) is 23.2. The minimum absolute atomic E-state index is 0.0159. The van der Waals surface area contributed by atoms with Crippen LogP contribution in [0.4, 0.5) is 22.4 Å². The molecule has 3 amide bonds. The zero-order valence-electron chi connectivity index (χ0n) is 18.6. The van der Waals surface area contributed by atoms with E-state index in [2.05, 4.69) is 5.32 Å². The van der Waals surface area contributed by atoms with Gasteiger partial charge in [0.25, 0.3) is 0 Å². The number of likely N-dealkylation sites (tertiary alicyclic amines) is 2. The molecule has 1 aliphatic carbocycles. The number of carbonyl (C=O) groups excluding carboxylic acids is 2. The van der Waals surface area contributed by atoms with Crippen molar-refractivity contribution in [2.45, 2.75) is 56.5 Å². The number of piperidine rings is 2. The number of carbonyl (C=O) groups is 2. The zero-order chi connectivity index (χ0) is 24.1. The number of rotatable bonds is 2. The van der Waals surface area contributed by atoms with Gasteiger partial charge in [-0.15, -0.1) is 0 Å². The lowest BCUT2D eigenvalue weighted by atomic mass is 9.61. The van der Waals surface area contributed by atoms with Crippen molar-refractivity contribution in [2.75, 3.05) is 32.8 Å². The van der Waals surface area contributed by atoms with Crippen LogP contribution in [0.2, 0.25) is 0 Å². The predicted octanol–water partition coefficient (Wildman–Crippen LogP) is 3.18. The molecule has 11 heteroatoms. The maximum absolute atomic E-state index is 14.1. The number of nitrogens with one attached hydrogen (secondary N) is 1. The summed E-state index contributed by atoms with van der Waals surface area (Å²) in [4.78, 5) is 28.2. The van der Waals surface area contributed by atoms with Crippen molar-refractivity contribution in [3.05, 3.63) is 29.6 Å². The third kappa shape index (κ3) is 4.54. The van der Waals surface area contributed by atoms with Gasteiger partial charge in [-0.2, -0.15) is 13.2 Å². The maximum Gasteiger partial charge on any atom is 0.416 e. The molecule has 5 rings (SSSR count). The molecule has 1 aromatic carbocycles. The van der Waals surface area contributed by atoms with Gasteiger partial charge in [0.15, 0.2) is 11.6 Å². The smallest absolute Gasteiger partial charge is 0.416 e. The highest BCUT2D eigenvalue weighted by Gasteiger charge is 2.48. The van der Waals surface area contributed by atoms with Gasteiger partial charge in [0, 0.05) is 26.2 Å².